The van der Waals surface area contributed by atoms with E-state index in [0.717, 1.165) is 23.8 Å². The van der Waals surface area contributed by atoms with E-state index in [-0.39, 0.29) is 10.7 Å². The van der Waals surface area contributed by atoms with Gasteiger partial charge in [0.1, 0.15) is 12.3 Å². The van der Waals surface area contributed by atoms with Crippen molar-refractivity contribution in [2.45, 2.75) is 18.8 Å². The summed E-state index contributed by atoms with van der Waals surface area (Å²) in [6, 6.07) is 18.6. The van der Waals surface area contributed by atoms with Gasteiger partial charge in [0.05, 0.1) is 23.4 Å². The van der Waals surface area contributed by atoms with E-state index in [9.17, 15) is 18.0 Å². The highest BCUT2D eigenvalue weighted by atomic mass is 35.5. The van der Waals surface area contributed by atoms with Crippen molar-refractivity contribution >= 4 is 23.2 Å². The number of hydrogen-bond donors (Lipinski definition) is 2. The lowest BCUT2D eigenvalue weighted by molar-refractivity contribution is -0.697. The molecule has 3 aromatic rings. The molecule has 0 spiro atoms. The molecule has 3 aromatic carbocycles. The summed E-state index contributed by atoms with van der Waals surface area (Å²) < 4.78 is 44.4. The smallest absolute Gasteiger partial charge is 0.416 e. The van der Waals surface area contributed by atoms with E-state index < -0.39 is 23.7 Å². The second-order valence-electron chi connectivity index (χ2n) is 6.86. The van der Waals surface area contributed by atoms with Gasteiger partial charge in [-0.25, -0.2) is 0 Å². The summed E-state index contributed by atoms with van der Waals surface area (Å²) in [6.07, 6.45) is -4.54. The number of alkyl halides is 3. The molecule has 0 aliphatic heterocycles. The maximum absolute atomic E-state index is 13.1. The number of anilines is 1. The molecule has 1 atom stereocenters. The molecule has 0 bridgehead atoms. The number of hydrogen-bond acceptors (Lipinski definition) is 2. The minimum absolute atomic E-state index is 0.0287. The molecular formula is C23H21ClF3N2O2+. The van der Waals surface area contributed by atoms with E-state index in [1.165, 1.54) is 0 Å². The Morgan fingerprint density at radius 2 is 1.81 bits per heavy atom. The molecule has 0 saturated heterocycles. The lowest BCUT2D eigenvalue weighted by Gasteiger charge is -2.17. The number of amides is 1. The van der Waals surface area contributed by atoms with Crippen LogP contribution in [0.5, 0.6) is 5.75 Å². The fourth-order valence-corrected chi connectivity index (χ4v) is 3.28. The van der Waals surface area contributed by atoms with Crippen LogP contribution in [-0.2, 0) is 17.5 Å². The van der Waals surface area contributed by atoms with Gasteiger partial charge < -0.3 is 15.4 Å². The van der Waals surface area contributed by atoms with Crippen LogP contribution in [-0.4, -0.2) is 13.0 Å². The largest absolute Gasteiger partial charge is 0.497 e. The molecule has 0 aliphatic rings. The molecule has 0 saturated carbocycles. The van der Waals surface area contributed by atoms with E-state index in [4.69, 9.17) is 16.3 Å². The average molecular weight is 450 g/mol. The minimum atomic E-state index is -4.54. The van der Waals surface area contributed by atoms with Crippen LogP contribution in [0.25, 0.3) is 0 Å². The molecule has 3 N–H and O–H groups in total. The van der Waals surface area contributed by atoms with E-state index in [0.29, 0.717) is 17.9 Å². The Hall–Kier alpha value is -3.03. The highest BCUT2D eigenvalue weighted by Gasteiger charge is 2.32. The van der Waals surface area contributed by atoms with Crippen molar-refractivity contribution in [3.8, 4) is 5.75 Å². The Morgan fingerprint density at radius 1 is 1.06 bits per heavy atom. The summed E-state index contributed by atoms with van der Waals surface area (Å²) in [5.41, 5.74) is 0.678. The van der Waals surface area contributed by atoms with Crippen molar-refractivity contribution in [2.24, 2.45) is 0 Å². The first-order valence-electron chi connectivity index (χ1n) is 9.46. The topological polar surface area (TPSA) is 54.9 Å². The summed E-state index contributed by atoms with van der Waals surface area (Å²) in [7, 11) is 1.57. The minimum Gasteiger partial charge on any atom is -0.497 e. The third-order valence-corrected chi connectivity index (χ3v) is 5.05. The predicted octanol–water partition coefficient (Wildman–Crippen LogP) is 4.81. The first kappa shape index (κ1) is 22.7. The number of rotatable bonds is 7. The van der Waals surface area contributed by atoms with Crippen molar-refractivity contribution in [3.63, 3.8) is 0 Å². The fourth-order valence-electron chi connectivity index (χ4n) is 3.12. The van der Waals surface area contributed by atoms with Gasteiger partial charge in [-0.3, -0.25) is 4.79 Å². The van der Waals surface area contributed by atoms with Gasteiger partial charge in [-0.2, -0.15) is 13.2 Å². The van der Waals surface area contributed by atoms with Crippen LogP contribution < -0.4 is 15.4 Å². The molecule has 8 heteroatoms. The average Bonchev–Trinajstić information content (AvgIpc) is 2.75. The van der Waals surface area contributed by atoms with Crippen molar-refractivity contribution in [1.29, 1.82) is 0 Å². The third-order valence-electron chi connectivity index (χ3n) is 4.72. The van der Waals surface area contributed by atoms with Crippen LogP contribution in [0, 0.1) is 0 Å². The molecule has 3 rings (SSSR count). The molecule has 0 radical (unpaired) electrons. The number of halogens is 4. The van der Waals surface area contributed by atoms with Gasteiger partial charge >= 0.3 is 6.18 Å². The number of ether oxygens (including phenoxy) is 1. The summed E-state index contributed by atoms with van der Waals surface area (Å²) in [5.74, 6) is 0.220. The van der Waals surface area contributed by atoms with Gasteiger partial charge in [-0.1, -0.05) is 54.1 Å². The molecule has 0 heterocycles. The van der Waals surface area contributed by atoms with E-state index in [1.807, 2.05) is 30.3 Å². The van der Waals surface area contributed by atoms with E-state index >= 15 is 0 Å². The van der Waals surface area contributed by atoms with Gasteiger partial charge in [0.2, 0.25) is 0 Å². The fraction of sp³-hybridized carbons (Fsp3) is 0.174. The summed E-state index contributed by atoms with van der Waals surface area (Å²) in [5, 5.41) is 4.39. The predicted molar refractivity (Wildman–Crippen MR) is 113 cm³/mol. The van der Waals surface area contributed by atoms with Crippen LogP contribution in [0.2, 0.25) is 5.02 Å². The van der Waals surface area contributed by atoms with Gasteiger partial charge in [0, 0.05) is 11.1 Å². The van der Waals surface area contributed by atoms with Crippen LogP contribution in [0.4, 0.5) is 18.9 Å². The first-order valence-corrected chi connectivity index (χ1v) is 9.84. The molecule has 0 aromatic heterocycles. The Balaban J connectivity index is 1.83. The molecule has 0 unspecified atom stereocenters. The van der Waals surface area contributed by atoms with E-state index in [1.54, 1.807) is 36.7 Å². The SMILES string of the molecule is COc1cccc(C[NH2+][C@@H](C(=O)Nc2cc(C(F)(F)F)ccc2Cl)c2ccccc2)c1. The Morgan fingerprint density at radius 3 is 2.48 bits per heavy atom. The molecule has 162 valence electrons. The number of carbonyl (C=O) groups excluding carboxylic acids is 1. The molecule has 4 nitrogen and oxygen atoms in total. The van der Waals surface area contributed by atoms with Crippen molar-refractivity contribution in [2.75, 3.05) is 12.4 Å². The Labute approximate surface area is 183 Å². The van der Waals surface area contributed by atoms with Crippen molar-refractivity contribution < 1.29 is 28.0 Å². The van der Waals surface area contributed by atoms with Crippen molar-refractivity contribution in [3.05, 3.63) is 94.5 Å². The molecule has 1 amide bonds. The Bertz CT molecular complexity index is 1040. The maximum Gasteiger partial charge on any atom is 0.416 e. The molecular weight excluding hydrogens is 429 g/mol. The molecule has 31 heavy (non-hydrogen) atoms. The summed E-state index contributed by atoms with van der Waals surface area (Å²) in [6.45, 7) is 0.459. The highest BCUT2D eigenvalue weighted by Crippen LogP contribution is 2.34. The summed E-state index contributed by atoms with van der Waals surface area (Å²) >= 11 is 6.04. The Kier molecular flexibility index (Phi) is 7.20. The van der Waals surface area contributed by atoms with Gasteiger partial charge in [0.25, 0.3) is 5.91 Å². The first-order chi connectivity index (χ1) is 14.8. The van der Waals surface area contributed by atoms with Crippen LogP contribution in [0.3, 0.4) is 0 Å². The second kappa shape index (κ2) is 9.85. The number of quaternary nitrogens is 1. The zero-order chi connectivity index (χ0) is 22.4. The quantitative estimate of drug-likeness (QED) is 0.544. The molecule has 0 aliphatic carbocycles. The van der Waals surface area contributed by atoms with Crippen LogP contribution in [0.15, 0.2) is 72.8 Å². The lowest BCUT2D eigenvalue weighted by atomic mass is 10.0. The van der Waals surface area contributed by atoms with E-state index in [2.05, 4.69) is 5.32 Å². The van der Waals surface area contributed by atoms with Gasteiger partial charge in [-0.05, 0) is 30.3 Å². The normalized spacial score (nSPS) is 12.3. The number of methoxy groups -OCH3 is 1. The van der Waals surface area contributed by atoms with Crippen LogP contribution in [0.1, 0.15) is 22.7 Å². The van der Waals surface area contributed by atoms with Gasteiger partial charge in [0.15, 0.2) is 6.04 Å². The van der Waals surface area contributed by atoms with Crippen LogP contribution >= 0.6 is 11.6 Å². The number of nitrogens with two attached hydrogens (primary N) is 1. The monoisotopic (exact) mass is 449 g/mol. The second-order valence-corrected chi connectivity index (χ2v) is 7.27. The highest BCUT2D eigenvalue weighted by molar-refractivity contribution is 6.33. The number of benzene rings is 3. The third kappa shape index (κ3) is 5.99. The maximum atomic E-state index is 13.1. The standard InChI is InChI=1S/C23H20ClF3N2O2/c1-31-18-9-5-6-15(12-18)14-28-21(16-7-3-2-4-8-16)22(30)29-20-13-17(23(25,26)27)10-11-19(20)24/h2-13,21,28H,14H2,1H3,(H,29,30)/p+1/t21-/m1/s1. The van der Waals surface area contributed by atoms with Gasteiger partial charge in [-0.15, -0.1) is 0 Å². The van der Waals surface area contributed by atoms with Crippen molar-refractivity contribution in [1.82, 2.24) is 0 Å². The zero-order valence-electron chi connectivity index (χ0n) is 16.6. The molecule has 0 fully saturated rings. The summed E-state index contributed by atoms with van der Waals surface area (Å²) in [4.78, 5) is 13.1. The lowest BCUT2D eigenvalue weighted by Crippen LogP contribution is -2.85. The number of carbonyl (C=O) groups is 1. The number of nitrogens with one attached hydrogen (secondary N) is 1. The zero-order valence-corrected chi connectivity index (χ0v) is 17.4.